The minimum atomic E-state index is -4.80. The van der Waals surface area contributed by atoms with E-state index in [4.69, 9.17) is 19.4 Å². The lowest BCUT2D eigenvalue weighted by molar-refractivity contribution is 0.306. The molecule has 4 N–H and O–H groups in total. The van der Waals surface area contributed by atoms with E-state index in [9.17, 15) is 9.13 Å². The molecule has 0 spiro atoms. The van der Waals surface area contributed by atoms with Crippen LogP contribution in [0.5, 0.6) is 5.75 Å². The van der Waals surface area contributed by atoms with Gasteiger partial charge in [0.05, 0.1) is 0 Å². The minimum absolute atomic E-state index is 0.0290. The van der Waals surface area contributed by atoms with Crippen molar-refractivity contribution >= 4 is 21.4 Å². The fraction of sp³-hybridized carbons (Fsp3) is 0.154. The average molecular weight is 357 g/mol. The van der Waals surface area contributed by atoms with Gasteiger partial charge in [0.25, 0.3) is 0 Å². The van der Waals surface area contributed by atoms with E-state index in [2.05, 4.69) is 10.3 Å². The molecular formula is C13H15N2O6P2+. The van der Waals surface area contributed by atoms with Gasteiger partial charge in [0, 0.05) is 12.3 Å². The molecule has 2 rings (SSSR count). The standard InChI is InChI=1S/C13H14N2O6P2/c16-22(17)13(23(18,19)20)15-12-8-11(6-7-14-12)21-9-10-4-2-1-3-5-10/h1-8,13H,9H2,(H3-,14,15,16,17,18,19,20)/p+1. The highest BCUT2D eigenvalue weighted by molar-refractivity contribution is 7.65. The molecule has 0 amide bonds. The smallest absolute Gasteiger partial charge is 0.489 e. The molecular weight excluding hydrogens is 342 g/mol. The molecule has 0 aliphatic carbocycles. The zero-order chi connectivity index (χ0) is 16.9. The fourth-order valence-electron chi connectivity index (χ4n) is 1.72. The molecule has 0 fully saturated rings. The Morgan fingerprint density at radius 1 is 1.26 bits per heavy atom. The Morgan fingerprint density at radius 2 is 1.96 bits per heavy atom. The minimum Gasteiger partial charge on any atom is -0.489 e. The Hall–Kier alpha value is -1.82. The summed E-state index contributed by atoms with van der Waals surface area (Å²) in [5, 5.41) is 2.27. The number of hydrogen-bond donors (Lipinski definition) is 4. The van der Waals surface area contributed by atoms with Crippen molar-refractivity contribution in [3.63, 3.8) is 0 Å². The van der Waals surface area contributed by atoms with Crippen molar-refractivity contribution in [2.45, 2.75) is 12.1 Å². The molecule has 1 aromatic heterocycles. The summed E-state index contributed by atoms with van der Waals surface area (Å²) in [7, 11) is -7.94. The van der Waals surface area contributed by atoms with Gasteiger partial charge in [-0.3, -0.25) is 4.57 Å². The first-order chi connectivity index (χ1) is 10.9. The number of rotatable bonds is 7. The Kier molecular flexibility index (Phi) is 5.82. The molecule has 0 aliphatic rings. The predicted molar refractivity (Wildman–Crippen MR) is 84.3 cm³/mol. The third kappa shape index (κ3) is 5.39. The quantitative estimate of drug-likeness (QED) is 0.556. The van der Waals surface area contributed by atoms with Crippen LogP contribution in [-0.4, -0.2) is 25.2 Å². The number of aromatic nitrogens is 1. The molecule has 0 aliphatic heterocycles. The molecule has 122 valence electrons. The van der Waals surface area contributed by atoms with Crippen LogP contribution in [0.1, 0.15) is 5.56 Å². The Labute approximate surface area is 133 Å². The van der Waals surface area contributed by atoms with Gasteiger partial charge in [-0.05, 0) is 16.2 Å². The maximum atomic E-state index is 11.2. The van der Waals surface area contributed by atoms with E-state index in [1.165, 1.54) is 12.3 Å². The van der Waals surface area contributed by atoms with Gasteiger partial charge in [-0.1, -0.05) is 30.3 Å². The van der Waals surface area contributed by atoms with Crippen molar-refractivity contribution < 1.29 is 28.5 Å². The summed E-state index contributed by atoms with van der Waals surface area (Å²) in [6, 6.07) is 12.4. The van der Waals surface area contributed by atoms with Crippen molar-refractivity contribution in [2.75, 3.05) is 5.32 Å². The highest BCUT2D eigenvalue weighted by Crippen LogP contribution is 2.51. The molecule has 0 saturated heterocycles. The molecule has 23 heavy (non-hydrogen) atoms. The van der Waals surface area contributed by atoms with Crippen LogP contribution in [0.25, 0.3) is 0 Å². The number of pyridine rings is 1. The van der Waals surface area contributed by atoms with Gasteiger partial charge in [0.2, 0.25) is 0 Å². The van der Waals surface area contributed by atoms with Gasteiger partial charge in [-0.25, -0.2) is 4.98 Å². The van der Waals surface area contributed by atoms with Crippen LogP contribution in [0.2, 0.25) is 0 Å². The first-order valence-corrected chi connectivity index (χ1v) is 9.42. The second-order valence-corrected chi connectivity index (χ2v) is 7.78. The SMILES string of the molecule is O=[P+](O)C(Nc1cc(OCc2ccccc2)ccn1)P(=O)(O)O. The highest BCUT2D eigenvalue weighted by Gasteiger charge is 2.46. The molecule has 0 radical (unpaired) electrons. The van der Waals surface area contributed by atoms with Gasteiger partial charge in [-0.2, -0.15) is 4.89 Å². The molecule has 0 bridgehead atoms. The lowest BCUT2D eigenvalue weighted by atomic mass is 10.2. The number of anilines is 1. The van der Waals surface area contributed by atoms with Crippen LogP contribution in [-0.2, 0) is 15.7 Å². The maximum Gasteiger partial charge on any atom is 0.544 e. The Bertz CT molecular complexity index is 721. The molecule has 1 aromatic carbocycles. The molecule has 2 aromatic rings. The van der Waals surface area contributed by atoms with E-state index >= 15 is 0 Å². The van der Waals surface area contributed by atoms with Crippen LogP contribution in [0.3, 0.4) is 0 Å². The van der Waals surface area contributed by atoms with E-state index in [-0.39, 0.29) is 5.82 Å². The van der Waals surface area contributed by atoms with E-state index in [0.29, 0.717) is 12.4 Å². The predicted octanol–water partition coefficient (Wildman–Crippen LogP) is 2.27. The molecule has 2 atom stereocenters. The lowest BCUT2D eigenvalue weighted by Gasteiger charge is -2.11. The van der Waals surface area contributed by atoms with Crippen molar-refractivity contribution in [1.82, 2.24) is 4.98 Å². The van der Waals surface area contributed by atoms with Gasteiger partial charge >= 0.3 is 21.1 Å². The molecule has 1 heterocycles. The van der Waals surface area contributed by atoms with E-state index in [1.54, 1.807) is 6.07 Å². The van der Waals surface area contributed by atoms with Gasteiger partial charge in [0.15, 0.2) is 0 Å². The third-order valence-corrected chi connectivity index (χ3v) is 5.59. The summed E-state index contributed by atoms with van der Waals surface area (Å²) in [5.41, 5.74) is -0.972. The van der Waals surface area contributed by atoms with Crippen LogP contribution in [0.4, 0.5) is 5.82 Å². The second-order valence-electron chi connectivity index (χ2n) is 4.56. The fourth-order valence-corrected chi connectivity index (χ4v) is 3.29. The second kappa shape index (κ2) is 7.64. The third-order valence-electron chi connectivity index (χ3n) is 2.78. The van der Waals surface area contributed by atoms with Gasteiger partial charge in [-0.15, -0.1) is 0 Å². The van der Waals surface area contributed by atoms with Crippen molar-refractivity contribution in [2.24, 2.45) is 0 Å². The highest BCUT2D eigenvalue weighted by atomic mass is 31.2. The van der Waals surface area contributed by atoms with Crippen LogP contribution in [0.15, 0.2) is 48.7 Å². The van der Waals surface area contributed by atoms with Crippen LogP contribution < -0.4 is 10.1 Å². The van der Waals surface area contributed by atoms with Crippen LogP contribution >= 0.6 is 15.6 Å². The average Bonchev–Trinajstić information content (AvgIpc) is 2.51. The maximum absolute atomic E-state index is 11.2. The molecule has 2 unspecified atom stereocenters. The summed E-state index contributed by atoms with van der Waals surface area (Å²) in [4.78, 5) is 31.0. The number of benzene rings is 1. The van der Waals surface area contributed by atoms with Crippen molar-refractivity contribution in [3.05, 3.63) is 54.2 Å². The monoisotopic (exact) mass is 357 g/mol. The normalized spacial score (nSPS) is 13.3. The number of ether oxygens (including phenoxy) is 1. The molecule has 10 heteroatoms. The topological polar surface area (TPSA) is 129 Å². The first kappa shape index (κ1) is 17.5. The zero-order valence-electron chi connectivity index (χ0n) is 11.8. The first-order valence-electron chi connectivity index (χ1n) is 6.46. The zero-order valence-corrected chi connectivity index (χ0v) is 13.6. The lowest BCUT2D eigenvalue weighted by Crippen LogP contribution is -2.16. The summed E-state index contributed by atoms with van der Waals surface area (Å²) in [5.74, 6) is 0.435. The number of nitrogens with one attached hydrogen (secondary N) is 1. The summed E-state index contributed by atoms with van der Waals surface area (Å²) < 4.78 is 27.8. The van der Waals surface area contributed by atoms with E-state index in [0.717, 1.165) is 5.56 Å². The van der Waals surface area contributed by atoms with E-state index in [1.807, 2.05) is 30.3 Å². The van der Waals surface area contributed by atoms with Crippen molar-refractivity contribution in [3.8, 4) is 5.75 Å². The Balaban J connectivity index is 2.07. The molecule has 0 saturated carbocycles. The molecule has 8 nitrogen and oxygen atoms in total. The summed E-state index contributed by atoms with van der Waals surface area (Å²) in [6.45, 7) is 0.306. The van der Waals surface area contributed by atoms with Crippen LogP contribution in [0, 0.1) is 0 Å². The van der Waals surface area contributed by atoms with Gasteiger partial charge in [0.1, 0.15) is 18.2 Å². The summed E-state index contributed by atoms with van der Waals surface area (Å²) in [6.07, 6.45) is 1.36. The van der Waals surface area contributed by atoms with E-state index < -0.39 is 21.1 Å². The number of hydrogen-bond acceptors (Lipinski definition) is 5. The van der Waals surface area contributed by atoms with Gasteiger partial charge < -0.3 is 19.8 Å². The Morgan fingerprint density at radius 3 is 2.57 bits per heavy atom. The van der Waals surface area contributed by atoms with Crippen molar-refractivity contribution in [1.29, 1.82) is 0 Å². The largest absolute Gasteiger partial charge is 0.544 e. The summed E-state index contributed by atoms with van der Waals surface area (Å²) >= 11 is 0. The number of nitrogens with zero attached hydrogens (tertiary/aromatic N) is 1.